The zero-order valence-corrected chi connectivity index (χ0v) is 15.3. The van der Waals surface area contributed by atoms with Crippen LogP contribution in [0.2, 0.25) is 0 Å². The Labute approximate surface area is 156 Å². The molecule has 0 spiro atoms. The van der Waals surface area contributed by atoms with Crippen LogP contribution in [0.3, 0.4) is 0 Å². The maximum absolute atomic E-state index is 12.5. The topological polar surface area (TPSA) is 85.8 Å². The Kier molecular flexibility index (Phi) is 5.91. The number of hydrogen-bond acceptors (Lipinski definition) is 5. The fraction of sp³-hybridized carbons (Fsp3) is 0.211. The Morgan fingerprint density at radius 2 is 1.77 bits per heavy atom. The van der Waals surface area contributed by atoms with E-state index in [1.165, 1.54) is 22.0 Å². The van der Waals surface area contributed by atoms with Crippen molar-refractivity contribution in [1.29, 1.82) is 0 Å². The van der Waals surface area contributed by atoms with Crippen molar-refractivity contribution in [3.8, 4) is 0 Å². The van der Waals surface area contributed by atoms with Crippen molar-refractivity contribution in [2.45, 2.75) is 24.5 Å². The summed E-state index contributed by atoms with van der Waals surface area (Å²) in [5.74, 6) is 6.59. The summed E-state index contributed by atoms with van der Waals surface area (Å²) in [5, 5.41) is 11.5. The molecule has 0 aliphatic carbocycles. The van der Waals surface area contributed by atoms with E-state index in [1.54, 1.807) is 6.92 Å². The molecule has 134 valence electrons. The Morgan fingerprint density at radius 3 is 2.38 bits per heavy atom. The lowest BCUT2D eigenvalue weighted by Crippen LogP contribution is -2.31. The molecule has 1 aromatic heterocycles. The number of benzene rings is 2. The minimum Gasteiger partial charge on any atom is -0.348 e. The van der Waals surface area contributed by atoms with Crippen molar-refractivity contribution in [3.05, 3.63) is 77.6 Å². The van der Waals surface area contributed by atoms with Crippen LogP contribution in [0.15, 0.2) is 65.8 Å². The first-order chi connectivity index (χ1) is 12.6. The molecule has 0 unspecified atom stereocenters. The quantitative estimate of drug-likeness (QED) is 0.495. The summed E-state index contributed by atoms with van der Waals surface area (Å²) >= 11 is 1.27. The van der Waals surface area contributed by atoms with Gasteiger partial charge in [0.1, 0.15) is 5.82 Å². The van der Waals surface area contributed by atoms with E-state index in [0.29, 0.717) is 11.0 Å². The SMILES string of the molecule is Cc1nnc(SCC(=O)N[C@H](Cc2ccccc2)c2ccccc2)n1N. The van der Waals surface area contributed by atoms with Gasteiger partial charge in [-0.05, 0) is 24.5 Å². The second kappa shape index (κ2) is 8.53. The number of aryl methyl sites for hydroxylation is 1. The van der Waals surface area contributed by atoms with Gasteiger partial charge in [0.15, 0.2) is 0 Å². The largest absolute Gasteiger partial charge is 0.348 e. The van der Waals surface area contributed by atoms with E-state index in [0.717, 1.165) is 12.0 Å². The zero-order chi connectivity index (χ0) is 18.4. The van der Waals surface area contributed by atoms with Gasteiger partial charge in [0.2, 0.25) is 11.1 Å². The van der Waals surface area contributed by atoms with Gasteiger partial charge in [-0.2, -0.15) is 0 Å². The summed E-state index contributed by atoms with van der Waals surface area (Å²) in [6, 6.07) is 20.0. The first kappa shape index (κ1) is 18.0. The average Bonchev–Trinajstić information content (AvgIpc) is 2.99. The van der Waals surface area contributed by atoms with Gasteiger partial charge in [0, 0.05) is 0 Å². The molecule has 0 bridgehead atoms. The summed E-state index contributed by atoms with van der Waals surface area (Å²) < 4.78 is 1.39. The highest BCUT2D eigenvalue weighted by Crippen LogP contribution is 2.20. The van der Waals surface area contributed by atoms with Gasteiger partial charge in [-0.1, -0.05) is 72.4 Å². The Bertz CT molecular complexity index is 851. The molecular weight excluding hydrogens is 346 g/mol. The number of rotatable bonds is 7. The van der Waals surface area contributed by atoms with E-state index < -0.39 is 0 Å². The van der Waals surface area contributed by atoms with E-state index >= 15 is 0 Å². The second-order valence-corrected chi connectivity index (χ2v) is 6.85. The van der Waals surface area contributed by atoms with Crippen molar-refractivity contribution in [2.75, 3.05) is 11.6 Å². The maximum Gasteiger partial charge on any atom is 0.230 e. The smallest absolute Gasteiger partial charge is 0.230 e. The molecule has 1 amide bonds. The zero-order valence-electron chi connectivity index (χ0n) is 14.5. The molecule has 0 fully saturated rings. The molecule has 7 heteroatoms. The molecule has 1 heterocycles. The van der Waals surface area contributed by atoms with E-state index in [4.69, 9.17) is 5.84 Å². The molecule has 3 rings (SSSR count). The van der Waals surface area contributed by atoms with Gasteiger partial charge >= 0.3 is 0 Å². The monoisotopic (exact) mass is 367 g/mol. The van der Waals surface area contributed by atoms with Gasteiger partial charge in [-0.3, -0.25) is 4.79 Å². The van der Waals surface area contributed by atoms with Crippen LogP contribution in [0, 0.1) is 6.92 Å². The summed E-state index contributed by atoms with van der Waals surface area (Å²) in [7, 11) is 0. The van der Waals surface area contributed by atoms with Crippen LogP contribution in [-0.2, 0) is 11.2 Å². The van der Waals surface area contributed by atoms with Crippen molar-refractivity contribution in [3.63, 3.8) is 0 Å². The lowest BCUT2D eigenvalue weighted by Gasteiger charge is -2.19. The van der Waals surface area contributed by atoms with Crippen LogP contribution >= 0.6 is 11.8 Å². The van der Waals surface area contributed by atoms with Crippen LogP contribution in [-0.4, -0.2) is 26.5 Å². The van der Waals surface area contributed by atoms with E-state index in [1.807, 2.05) is 48.5 Å². The van der Waals surface area contributed by atoms with Gasteiger partial charge in [-0.25, -0.2) is 4.68 Å². The van der Waals surface area contributed by atoms with Gasteiger partial charge < -0.3 is 11.2 Å². The third-order valence-corrected chi connectivity index (χ3v) is 4.93. The van der Waals surface area contributed by atoms with Crippen LogP contribution in [0.25, 0.3) is 0 Å². The lowest BCUT2D eigenvalue weighted by molar-refractivity contribution is -0.119. The number of nitrogen functional groups attached to an aromatic ring is 1. The molecule has 0 aliphatic heterocycles. The van der Waals surface area contributed by atoms with Crippen LogP contribution in [0.5, 0.6) is 0 Å². The Hall–Kier alpha value is -2.80. The molecule has 0 saturated heterocycles. The number of carbonyl (C=O) groups is 1. The molecule has 2 aromatic carbocycles. The van der Waals surface area contributed by atoms with Gasteiger partial charge in [0.05, 0.1) is 11.8 Å². The molecule has 0 saturated carbocycles. The standard InChI is InChI=1S/C19H21N5OS/c1-14-22-23-19(24(14)20)26-13-18(25)21-17(16-10-6-3-7-11-16)12-15-8-4-2-5-9-15/h2-11,17H,12-13,20H2,1H3,(H,21,25)/t17-/m1/s1. The minimum atomic E-state index is -0.0933. The predicted molar refractivity (Wildman–Crippen MR) is 103 cm³/mol. The number of carbonyl (C=O) groups excluding carboxylic acids is 1. The lowest BCUT2D eigenvalue weighted by atomic mass is 9.99. The summed E-state index contributed by atoms with van der Waals surface area (Å²) in [5.41, 5.74) is 2.25. The summed E-state index contributed by atoms with van der Waals surface area (Å²) in [4.78, 5) is 12.5. The second-order valence-electron chi connectivity index (χ2n) is 5.91. The van der Waals surface area contributed by atoms with Gasteiger partial charge in [-0.15, -0.1) is 10.2 Å². The molecule has 6 nitrogen and oxygen atoms in total. The van der Waals surface area contributed by atoms with Crippen molar-refractivity contribution in [2.24, 2.45) is 0 Å². The molecule has 3 aromatic rings. The predicted octanol–water partition coefficient (Wildman–Crippen LogP) is 2.49. The van der Waals surface area contributed by atoms with Crippen LogP contribution in [0.4, 0.5) is 0 Å². The normalized spacial score (nSPS) is 11.9. The molecule has 3 N–H and O–H groups in total. The highest BCUT2D eigenvalue weighted by molar-refractivity contribution is 7.99. The Morgan fingerprint density at radius 1 is 1.12 bits per heavy atom. The molecule has 26 heavy (non-hydrogen) atoms. The van der Waals surface area contributed by atoms with Gasteiger partial charge in [0.25, 0.3) is 0 Å². The number of thioether (sulfide) groups is 1. The number of nitrogens with one attached hydrogen (secondary N) is 1. The number of aromatic nitrogens is 3. The molecule has 0 aliphatic rings. The highest BCUT2D eigenvalue weighted by atomic mass is 32.2. The van der Waals surface area contributed by atoms with E-state index in [9.17, 15) is 4.79 Å². The summed E-state index contributed by atoms with van der Waals surface area (Å²) in [6.45, 7) is 1.77. The van der Waals surface area contributed by atoms with Crippen molar-refractivity contribution < 1.29 is 4.79 Å². The fourth-order valence-electron chi connectivity index (χ4n) is 2.60. The third kappa shape index (κ3) is 4.64. The fourth-order valence-corrected chi connectivity index (χ4v) is 3.32. The average molecular weight is 367 g/mol. The molecule has 1 atom stereocenters. The van der Waals surface area contributed by atoms with Crippen LogP contribution in [0.1, 0.15) is 23.0 Å². The third-order valence-electron chi connectivity index (χ3n) is 3.99. The number of nitrogens with zero attached hydrogens (tertiary/aromatic N) is 3. The van der Waals surface area contributed by atoms with E-state index in [-0.39, 0.29) is 17.7 Å². The maximum atomic E-state index is 12.5. The number of hydrogen-bond donors (Lipinski definition) is 2. The highest BCUT2D eigenvalue weighted by Gasteiger charge is 2.16. The molecule has 0 radical (unpaired) electrons. The van der Waals surface area contributed by atoms with Crippen LogP contribution < -0.4 is 11.2 Å². The first-order valence-electron chi connectivity index (χ1n) is 8.31. The summed E-state index contributed by atoms with van der Waals surface area (Å²) in [6.07, 6.45) is 0.730. The minimum absolute atomic E-state index is 0.0690. The molecular formula is C19H21N5OS. The van der Waals surface area contributed by atoms with Crippen molar-refractivity contribution >= 4 is 17.7 Å². The number of nitrogens with two attached hydrogens (primary N) is 1. The van der Waals surface area contributed by atoms with Crippen molar-refractivity contribution in [1.82, 2.24) is 20.2 Å². The number of amides is 1. The first-order valence-corrected chi connectivity index (χ1v) is 9.30. The Balaban J connectivity index is 1.67. The van der Waals surface area contributed by atoms with E-state index in [2.05, 4.69) is 27.6 Å².